The predicted molar refractivity (Wildman–Crippen MR) is 66.5 cm³/mol. The minimum absolute atomic E-state index is 0.0468. The van der Waals surface area contributed by atoms with Gasteiger partial charge in [0.05, 0.1) is 18.9 Å². The molecular formula is C11H18NO5S+. The van der Waals surface area contributed by atoms with Crippen LogP contribution in [0.3, 0.4) is 0 Å². The van der Waals surface area contributed by atoms with Gasteiger partial charge in [-0.15, -0.1) is 0 Å². The lowest BCUT2D eigenvalue weighted by molar-refractivity contribution is -0.794. The Labute approximate surface area is 111 Å². The summed E-state index contributed by atoms with van der Waals surface area (Å²) in [5.74, 6) is -2.46. The van der Waals surface area contributed by atoms with Crippen molar-refractivity contribution in [2.75, 3.05) is 12.3 Å². The van der Waals surface area contributed by atoms with Gasteiger partial charge in [0.2, 0.25) is 0 Å². The normalized spacial score (nSPS) is 28.9. The second-order valence-electron chi connectivity index (χ2n) is 4.68. The number of thiol groups is 1. The molecule has 7 heteroatoms. The molecular weight excluding hydrogens is 258 g/mol. The average Bonchev–Trinajstić information content (AvgIpc) is 2.67. The number of rotatable bonds is 4. The molecule has 0 aromatic rings. The summed E-state index contributed by atoms with van der Waals surface area (Å²) in [4.78, 5) is 34.5. The van der Waals surface area contributed by atoms with Crippen molar-refractivity contribution in [1.29, 1.82) is 0 Å². The molecule has 1 fully saturated rings. The van der Waals surface area contributed by atoms with Gasteiger partial charge in [0.25, 0.3) is 0 Å². The highest BCUT2D eigenvalue weighted by molar-refractivity contribution is 7.80. The Kier molecular flexibility index (Phi) is 4.75. The monoisotopic (exact) mass is 276 g/mol. The van der Waals surface area contributed by atoms with Crippen LogP contribution in [0.15, 0.2) is 0 Å². The van der Waals surface area contributed by atoms with Gasteiger partial charge >= 0.3 is 18.0 Å². The number of hydrogen-bond donors (Lipinski definition) is 3. The van der Waals surface area contributed by atoms with Crippen molar-refractivity contribution in [2.24, 2.45) is 5.92 Å². The van der Waals surface area contributed by atoms with E-state index in [0.29, 0.717) is 12.8 Å². The summed E-state index contributed by atoms with van der Waals surface area (Å²) in [7, 11) is 0. The van der Waals surface area contributed by atoms with Crippen molar-refractivity contribution < 1.29 is 29.1 Å². The summed E-state index contributed by atoms with van der Waals surface area (Å²) < 4.78 is -0.654. The Morgan fingerprint density at radius 2 is 2.00 bits per heavy atom. The zero-order valence-electron chi connectivity index (χ0n) is 10.2. The van der Waals surface area contributed by atoms with Crippen LogP contribution in [0.1, 0.15) is 26.2 Å². The maximum absolute atomic E-state index is 12.4. The molecule has 0 spiro atoms. The molecule has 0 bridgehead atoms. The first-order valence-electron chi connectivity index (χ1n) is 5.84. The van der Waals surface area contributed by atoms with Crippen LogP contribution in [0.25, 0.3) is 0 Å². The van der Waals surface area contributed by atoms with Crippen LogP contribution >= 0.6 is 12.6 Å². The fourth-order valence-electron chi connectivity index (χ4n) is 2.55. The first kappa shape index (κ1) is 15.0. The second kappa shape index (κ2) is 5.71. The average molecular weight is 276 g/mol. The van der Waals surface area contributed by atoms with Crippen molar-refractivity contribution in [2.45, 2.75) is 32.2 Å². The molecule has 18 heavy (non-hydrogen) atoms. The maximum atomic E-state index is 12.4. The van der Waals surface area contributed by atoms with Crippen molar-refractivity contribution >= 4 is 30.6 Å². The van der Waals surface area contributed by atoms with Crippen LogP contribution < -0.4 is 0 Å². The van der Waals surface area contributed by atoms with Crippen LogP contribution in [0, 0.1) is 5.92 Å². The fourth-order valence-corrected chi connectivity index (χ4v) is 2.83. The molecule has 102 valence electrons. The number of nitrogens with zero attached hydrogens (tertiary/aromatic N) is 1. The van der Waals surface area contributed by atoms with Gasteiger partial charge in [-0.3, -0.25) is 4.79 Å². The lowest BCUT2D eigenvalue weighted by atomic mass is 10.0. The number of imide groups is 1. The standard InChI is InChI=1S/C11H17NO5S/c1-7-3-2-4-12(7,11(16)17)10(15)8(6-18)5-9(13)14/h7-8H,2-6H2,1H3,(H2-,13,14,16,17,18)/p+1/t7-,8?,12?/m1/s1. The van der Waals surface area contributed by atoms with E-state index < -0.39 is 28.4 Å². The highest BCUT2D eigenvalue weighted by Gasteiger charge is 2.54. The van der Waals surface area contributed by atoms with E-state index in [1.165, 1.54) is 0 Å². The molecule has 0 saturated carbocycles. The Morgan fingerprint density at radius 1 is 1.39 bits per heavy atom. The Hall–Kier alpha value is -1.08. The SMILES string of the molecule is C[C@@H]1CCC[N+]1(C(=O)O)C(=O)C(CS)CC(=O)O. The number of amides is 2. The first-order valence-corrected chi connectivity index (χ1v) is 6.47. The number of carbonyl (C=O) groups excluding carboxylic acids is 1. The van der Waals surface area contributed by atoms with E-state index in [0.717, 1.165) is 0 Å². The third-order valence-corrected chi connectivity index (χ3v) is 4.05. The van der Waals surface area contributed by atoms with Crippen molar-refractivity contribution in [1.82, 2.24) is 0 Å². The van der Waals surface area contributed by atoms with Crippen molar-refractivity contribution in [3.05, 3.63) is 0 Å². The Bertz CT molecular complexity index is 372. The van der Waals surface area contributed by atoms with E-state index in [2.05, 4.69) is 12.6 Å². The van der Waals surface area contributed by atoms with E-state index in [4.69, 9.17) is 5.11 Å². The van der Waals surface area contributed by atoms with Gasteiger partial charge < -0.3 is 10.2 Å². The summed E-state index contributed by atoms with van der Waals surface area (Å²) in [6, 6.07) is -0.314. The predicted octanol–water partition coefficient (Wildman–Crippen LogP) is 1.21. The largest absolute Gasteiger partial charge is 0.521 e. The van der Waals surface area contributed by atoms with Gasteiger partial charge in [0.1, 0.15) is 6.04 Å². The van der Waals surface area contributed by atoms with E-state index in [9.17, 15) is 19.5 Å². The Morgan fingerprint density at radius 3 is 2.33 bits per heavy atom. The minimum Gasteiger partial charge on any atom is -0.481 e. The molecule has 0 aromatic heterocycles. The van der Waals surface area contributed by atoms with Gasteiger partial charge in [-0.1, -0.05) is 0 Å². The second-order valence-corrected chi connectivity index (χ2v) is 5.05. The van der Waals surface area contributed by atoms with Crippen LogP contribution in [-0.4, -0.2) is 51.0 Å². The molecule has 1 aliphatic heterocycles. The number of carbonyl (C=O) groups is 3. The summed E-state index contributed by atoms with van der Waals surface area (Å²) >= 11 is 3.97. The van der Waals surface area contributed by atoms with Gasteiger partial charge in [0.15, 0.2) is 0 Å². The highest BCUT2D eigenvalue weighted by atomic mass is 32.1. The van der Waals surface area contributed by atoms with Gasteiger partial charge in [0, 0.05) is 18.6 Å². The number of carboxylic acid groups (broad SMARTS) is 2. The topological polar surface area (TPSA) is 91.7 Å². The quantitative estimate of drug-likeness (QED) is 0.530. The maximum Gasteiger partial charge on any atom is 0.521 e. The molecule has 1 heterocycles. The van der Waals surface area contributed by atoms with E-state index in [-0.39, 0.29) is 24.8 Å². The smallest absolute Gasteiger partial charge is 0.481 e. The van der Waals surface area contributed by atoms with Gasteiger partial charge in [-0.05, 0) is 6.92 Å². The lowest BCUT2D eigenvalue weighted by Gasteiger charge is -2.32. The summed E-state index contributed by atoms with van der Waals surface area (Å²) in [5.41, 5.74) is 0. The molecule has 1 saturated heterocycles. The Balaban J connectivity index is 3.03. The minimum atomic E-state index is -1.19. The van der Waals surface area contributed by atoms with Crippen molar-refractivity contribution in [3.8, 4) is 0 Å². The van der Waals surface area contributed by atoms with Crippen LogP contribution in [0.2, 0.25) is 0 Å². The molecule has 0 aliphatic carbocycles. The van der Waals surface area contributed by atoms with E-state index >= 15 is 0 Å². The molecule has 0 radical (unpaired) electrons. The molecule has 0 aromatic carbocycles. The molecule has 2 unspecified atom stereocenters. The van der Waals surface area contributed by atoms with E-state index in [1.807, 2.05) is 0 Å². The molecule has 3 atom stereocenters. The highest BCUT2D eigenvalue weighted by Crippen LogP contribution is 2.31. The third-order valence-electron chi connectivity index (χ3n) is 3.61. The summed E-state index contributed by atoms with van der Waals surface area (Å²) in [5, 5.41) is 18.1. The molecule has 2 amide bonds. The summed E-state index contributed by atoms with van der Waals surface area (Å²) in [6.07, 6.45) is -0.250. The number of carboxylic acids is 1. The number of likely N-dealkylation sites (tertiary alicyclic amines) is 1. The fraction of sp³-hybridized carbons (Fsp3) is 0.727. The molecule has 2 N–H and O–H groups in total. The van der Waals surface area contributed by atoms with Crippen LogP contribution in [0.4, 0.5) is 4.79 Å². The zero-order valence-corrected chi connectivity index (χ0v) is 11.1. The van der Waals surface area contributed by atoms with Gasteiger partial charge in [-0.25, -0.2) is 4.79 Å². The third kappa shape index (κ3) is 2.51. The summed E-state index contributed by atoms with van der Waals surface area (Å²) in [6.45, 7) is 1.95. The molecule has 1 aliphatic rings. The van der Waals surface area contributed by atoms with Crippen LogP contribution in [0.5, 0.6) is 0 Å². The molecule has 1 rings (SSSR count). The first-order chi connectivity index (χ1) is 8.36. The molecule has 6 nitrogen and oxygen atoms in total. The zero-order chi connectivity index (χ0) is 13.9. The van der Waals surface area contributed by atoms with Crippen molar-refractivity contribution in [3.63, 3.8) is 0 Å². The van der Waals surface area contributed by atoms with Gasteiger partial charge in [-0.2, -0.15) is 21.9 Å². The van der Waals surface area contributed by atoms with E-state index in [1.54, 1.807) is 6.92 Å². The number of aliphatic carboxylic acids is 1. The number of quaternary nitrogens is 1. The van der Waals surface area contributed by atoms with Crippen LogP contribution in [-0.2, 0) is 9.59 Å². The lowest BCUT2D eigenvalue weighted by Crippen LogP contribution is -2.61. The number of hydrogen-bond acceptors (Lipinski definition) is 4.